The molecular formula is C22H27ClN2O2. The smallest absolute Gasteiger partial charge is 0.247 e. The molecule has 1 aliphatic heterocycles. The monoisotopic (exact) mass is 386 g/mol. The zero-order valence-corrected chi connectivity index (χ0v) is 16.4. The van der Waals surface area contributed by atoms with E-state index in [1.165, 1.54) is 19.3 Å². The number of benzene rings is 1. The lowest BCUT2D eigenvalue weighted by Gasteiger charge is -2.56. The van der Waals surface area contributed by atoms with Crippen LogP contribution < -0.4 is 5.32 Å². The molecule has 2 amide bonds. The third kappa shape index (κ3) is 3.06. The molecule has 1 atom stereocenters. The number of carbonyl (C=O) groups is 2. The van der Waals surface area contributed by atoms with Crippen LogP contribution >= 0.6 is 11.6 Å². The normalized spacial score (nSPS) is 36.9. The van der Waals surface area contributed by atoms with E-state index in [9.17, 15) is 9.59 Å². The first-order valence-corrected chi connectivity index (χ1v) is 10.8. The minimum absolute atomic E-state index is 0.0621. The Morgan fingerprint density at radius 2 is 1.59 bits per heavy atom. The lowest BCUT2D eigenvalue weighted by molar-refractivity contribution is -0.160. The summed E-state index contributed by atoms with van der Waals surface area (Å²) < 4.78 is 0. The molecule has 0 radical (unpaired) electrons. The van der Waals surface area contributed by atoms with E-state index in [1.807, 2.05) is 4.90 Å². The summed E-state index contributed by atoms with van der Waals surface area (Å²) in [6, 6.07) is 6.82. The first kappa shape index (κ1) is 17.5. The van der Waals surface area contributed by atoms with Crippen LogP contribution in [0.25, 0.3) is 0 Å². The van der Waals surface area contributed by atoms with E-state index in [-0.39, 0.29) is 23.3 Å². The number of likely N-dealkylation sites (tertiary alicyclic amines) is 1. The van der Waals surface area contributed by atoms with Crippen LogP contribution in [0.1, 0.15) is 51.4 Å². The minimum atomic E-state index is -0.332. The number of nitrogens with one attached hydrogen (secondary N) is 1. The van der Waals surface area contributed by atoms with Crippen molar-refractivity contribution in [3.8, 4) is 0 Å². The molecule has 1 aromatic rings. The Balaban J connectivity index is 1.32. The van der Waals surface area contributed by atoms with Crippen LogP contribution in [-0.2, 0) is 9.59 Å². The van der Waals surface area contributed by atoms with Crippen molar-refractivity contribution in [1.82, 2.24) is 4.90 Å². The maximum atomic E-state index is 13.6. The molecule has 1 saturated heterocycles. The summed E-state index contributed by atoms with van der Waals surface area (Å²) in [4.78, 5) is 28.5. The summed E-state index contributed by atoms with van der Waals surface area (Å²) >= 11 is 5.92. The van der Waals surface area contributed by atoms with Crippen molar-refractivity contribution < 1.29 is 9.59 Å². The summed E-state index contributed by atoms with van der Waals surface area (Å²) in [5.74, 6) is 2.43. The summed E-state index contributed by atoms with van der Waals surface area (Å²) in [6.07, 6.45) is 8.82. The number of halogens is 1. The second-order valence-corrected chi connectivity index (χ2v) is 9.79. The maximum Gasteiger partial charge on any atom is 0.247 e. The highest BCUT2D eigenvalue weighted by atomic mass is 35.5. The predicted octanol–water partition coefficient (Wildman–Crippen LogP) is 4.49. The average Bonchev–Trinajstić information content (AvgIpc) is 3.11. The molecule has 27 heavy (non-hydrogen) atoms. The van der Waals surface area contributed by atoms with Crippen LogP contribution in [-0.4, -0.2) is 29.3 Å². The highest BCUT2D eigenvalue weighted by molar-refractivity contribution is 6.30. The Bertz CT molecular complexity index is 725. The molecule has 5 aliphatic rings. The summed E-state index contributed by atoms with van der Waals surface area (Å²) in [5.41, 5.74) is 0.566. The molecule has 1 aromatic carbocycles. The molecule has 1 N–H and O–H groups in total. The van der Waals surface area contributed by atoms with Gasteiger partial charge in [-0.3, -0.25) is 9.59 Å². The average molecular weight is 387 g/mol. The van der Waals surface area contributed by atoms with Gasteiger partial charge in [0.25, 0.3) is 0 Å². The fourth-order valence-electron chi connectivity index (χ4n) is 6.72. The quantitative estimate of drug-likeness (QED) is 0.832. The van der Waals surface area contributed by atoms with Gasteiger partial charge in [-0.05, 0) is 93.4 Å². The van der Waals surface area contributed by atoms with E-state index in [0.717, 1.165) is 62.1 Å². The second-order valence-electron chi connectivity index (χ2n) is 9.35. The highest BCUT2D eigenvalue weighted by Gasteiger charge is 2.56. The van der Waals surface area contributed by atoms with Gasteiger partial charge in [0.15, 0.2) is 0 Å². The SMILES string of the molecule is O=C(Nc1ccc(Cl)cc1)[C@H]1CCCN1C(=O)C12CC3CC(CC(C3)C1)C2. The Morgan fingerprint density at radius 1 is 1.00 bits per heavy atom. The summed E-state index contributed by atoms with van der Waals surface area (Å²) in [7, 11) is 0. The molecule has 5 heteroatoms. The number of hydrogen-bond donors (Lipinski definition) is 1. The molecular weight excluding hydrogens is 360 g/mol. The van der Waals surface area contributed by atoms with Crippen molar-refractivity contribution in [3.05, 3.63) is 29.3 Å². The fourth-order valence-corrected chi connectivity index (χ4v) is 6.84. The van der Waals surface area contributed by atoms with Crippen molar-refractivity contribution in [2.45, 2.75) is 57.4 Å². The standard InChI is InChI=1S/C22H27ClN2O2/c23-17-3-5-18(6-4-17)24-20(26)19-2-1-7-25(19)21(27)22-11-14-8-15(12-22)10-16(9-14)13-22/h3-6,14-16,19H,1-2,7-13H2,(H,24,26)/t14?,15?,16?,19-,22?/m1/s1. The van der Waals surface area contributed by atoms with Gasteiger partial charge in [0, 0.05) is 17.3 Å². The molecule has 5 fully saturated rings. The van der Waals surface area contributed by atoms with Gasteiger partial charge >= 0.3 is 0 Å². The predicted molar refractivity (Wildman–Crippen MR) is 105 cm³/mol. The van der Waals surface area contributed by atoms with Gasteiger partial charge in [-0.2, -0.15) is 0 Å². The van der Waals surface area contributed by atoms with Crippen molar-refractivity contribution in [1.29, 1.82) is 0 Å². The van der Waals surface area contributed by atoms with E-state index in [2.05, 4.69) is 5.32 Å². The molecule has 4 saturated carbocycles. The van der Waals surface area contributed by atoms with Crippen LogP contribution in [0.15, 0.2) is 24.3 Å². The van der Waals surface area contributed by atoms with Gasteiger partial charge in [0.05, 0.1) is 5.41 Å². The topological polar surface area (TPSA) is 49.4 Å². The van der Waals surface area contributed by atoms with Gasteiger partial charge in [-0.15, -0.1) is 0 Å². The third-order valence-electron chi connectivity index (χ3n) is 7.42. The zero-order valence-electron chi connectivity index (χ0n) is 15.6. The van der Waals surface area contributed by atoms with Gasteiger partial charge in [-0.1, -0.05) is 11.6 Å². The van der Waals surface area contributed by atoms with Crippen LogP contribution in [0, 0.1) is 23.2 Å². The Labute approximate surface area is 165 Å². The molecule has 0 spiro atoms. The fraction of sp³-hybridized carbons (Fsp3) is 0.636. The Hall–Kier alpha value is -1.55. The van der Waals surface area contributed by atoms with Crippen molar-refractivity contribution in [2.24, 2.45) is 23.2 Å². The Kier molecular flexibility index (Phi) is 4.23. The van der Waals surface area contributed by atoms with Gasteiger partial charge in [0.2, 0.25) is 11.8 Å². The zero-order chi connectivity index (χ0) is 18.6. The largest absolute Gasteiger partial charge is 0.330 e. The summed E-state index contributed by atoms with van der Waals surface area (Å²) in [6.45, 7) is 0.722. The van der Waals surface area contributed by atoms with Crippen molar-refractivity contribution in [2.75, 3.05) is 11.9 Å². The Morgan fingerprint density at radius 3 is 2.19 bits per heavy atom. The first-order valence-electron chi connectivity index (χ1n) is 10.4. The minimum Gasteiger partial charge on any atom is -0.330 e. The molecule has 0 aromatic heterocycles. The maximum absolute atomic E-state index is 13.6. The van der Waals surface area contributed by atoms with Gasteiger partial charge in [-0.25, -0.2) is 0 Å². The third-order valence-corrected chi connectivity index (χ3v) is 7.67. The lowest BCUT2D eigenvalue weighted by Crippen LogP contribution is -2.56. The number of carbonyl (C=O) groups excluding carboxylic acids is 2. The number of amides is 2. The van der Waals surface area contributed by atoms with Crippen LogP contribution in [0.3, 0.4) is 0 Å². The van der Waals surface area contributed by atoms with E-state index in [1.54, 1.807) is 24.3 Å². The summed E-state index contributed by atoms with van der Waals surface area (Å²) in [5, 5.41) is 3.62. The molecule has 0 unspecified atom stereocenters. The van der Waals surface area contributed by atoms with E-state index in [0.29, 0.717) is 5.02 Å². The molecule has 1 heterocycles. The second kappa shape index (κ2) is 6.51. The molecule has 144 valence electrons. The van der Waals surface area contributed by atoms with Gasteiger partial charge < -0.3 is 10.2 Å². The van der Waals surface area contributed by atoms with Crippen molar-refractivity contribution >= 4 is 29.1 Å². The number of rotatable bonds is 3. The molecule has 4 nitrogen and oxygen atoms in total. The van der Waals surface area contributed by atoms with Crippen LogP contribution in [0.4, 0.5) is 5.69 Å². The van der Waals surface area contributed by atoms with Crippen LogP contribution in [0.5, 0.6) is 0 Å². The first-order chi connectivity index (χ1) is 13.0. The van der Waals surface area contributed by atoms with Crippen LogP contribution in [0.2, 0.25) is 5.02 Å². The van der Waals surface area contributed by atoms with E-state index < -0.39 is 0 Å². The number of anilines is 1. The van der Waals surface area contributed by atoms with E-state index >= 15 is 0 Å². The van der Waals surface area contributed by atoms with Crippen molar-refractivity contribution in [3.63, 3.8) is 0 Å². The van der Waals surface area contributed by atoms with E-state index in [4.69, 9.17) is 11.6 Å². The lowest BCUT2D eigenvalue weighted by atomic mass is 9.49. The van der Waals surface area contributed by atoms with Gasteiger partial charge in [0.1, 0.15) is 6.04 Å². The number of hydrogen-bond acceptors (Lipinski definition) is 2. The highest BCUT2D eigenvalue weighted by Crippen LogP contribution is 2.60. The molecule has 4 aliphatic carbocycles. The molecule has 6 rings (SSSR count). The number of nitrogens with zero attached hydrogens (tertiary/aromatic N) is 1. The molecule has 4 bridgehead atoms.